The standard InChI is InChI=1S/C40H24F2N2/c41-30-17-12-25(13-18-30)23-4-8-27(9-5-23)35-38-33-3-1-2-32-29(22-43)16-21-34(37(32)33)39(38)36(40(35)44)28-10-6-24(7-11-28)26-14-19-31(42)20-15-26/h1-21,36,39,44H. The van der Waals surface area contributed by atoms with Gasteiger partial charge in [0, 0.05) is 28.5 Å². The molecule has 2 aliphatic carbocycles. The number of nitriles is 1. The average molecular weight is 571 g/mol. The fourth-order valence-electron chi connectivity index (χ4n) is 7.11. The first kappa shape index (κ1) is 26.0. The molecule has 0 saturated carbocycles. The number of nitrogens with zero attached hydrogens (tertiary/aromatic N) is 1. The number of fused-ring (bicyclic) bond motifs is 3. The molecule has 2 aliphatic rings. The van der Waals surface area contributed by atoms with Crippen molar-refractivity contribution < 1.29 is 8.78 Å². The van der Waals surface area contributed by atoms with E-state index in [2.05, 4.69) is 42.5 Å². The molecular formula is C40H24F2N2. The first-order chi connectivity index (χ1) is 21.5. The molecule has 44 heavy (non-hydrogen) atoms. The highest BCUT2D eigenvalue weighted by Crippen LogP contribution is 2.60. The van der Waals surface area contributed by atoms with Gasteiger partial charge in [-0.05, 0) is 85.8 Å². The molecule has 0 saturated heterocycles. The van der Waals surface area contributed by atoms with Gasteiger partial charge in [0.15, 0.2) is 0 Å². The molecule has 2 atom stereocenters. The van der Waals surface area contributed by atoms with E-state index in [1.54, 1.807) is 24.3 Å². The summed E-state index contributed by atoms with van der Waals surface area (Å²) in [7, 11) is 0. The van der Waals surface area contributed by atoms with Crippen LogP contribution in [0, 0.1) is 28.4 Å². The van der Waals surface area contributed by atoms with Gasteiger partial charge in [-0.2, -0.15) is 5.26 Å². The Kier molecular flexibility index (Phi) is 5.89. The highest BCUT2D eigenvalue weighted by atomic mass is 19.1. The minimum atomic E-state index is -0.269. The topological polar surface area (TPSA) is 47.6 Å². The number of hydrogen-bond donors (Lipinski definition) is 1. The second-order valence-corrected chi connectivity index (χ2v) is 11.4. The fourth-order valence-corrected chi connectivity index (χ4v) is 7.11. The maximum atomic E-state index is 13.5. The van der Waals surface area contributed by atoms with Crippen molar-refractivity contribution in [1.82, 2.24) is 0 Å². The lowest BCUT2D eigenvalue weighted by atomic mass is 9.81. The van der Waals surface area contributed by atoms with E-state index >= 15 is 0 Å². The zero-order valence-electron chi connectivity index (χ0n) is 23.5. The number of rotatable bonds is 4. The molecule has 6 aromatic carbocycles. The molecule has 2 unspecified atom stereocenters. The van der Waals surface area contributed by atoms with Gasteiger partial charge in [0.25, 0.3) is 0 Å². The molecule has 0 amide bonds. The second kappa shape index (κ2) is 9.97. The Bertz CT molecular complexity index is 2190. The lowest BCUT2D eigenvalue weighted by Gasteiger charge is -2.21. The molecule has 1 N–H and O–H groups in total. The van der Waals surface area contributed by atoms with Crippen molar-refractivity contribution in [3.8, 4) is 28.3 Å². The van der Waals surface area contributed by atoms with E-state index in [9.17, 15) is 19.5 Å². The maximum Gasteiger partial charge on any atom is 0.123 e. The quantitative estimate of drug-likeness (QED) is 0.225. The predicted molar refractivity (Wildman–Crippen MR) is 172 cm³/mol. The Morgan fingerprint density at radius 1 is 0.568 bits per heavy atom. The van der Waals surface area contributed by atoms with Crippen LogP contribution in [0.2, 0.25) is 0 Å². The van der Waals surface area contributed by atoms with Crippen LogP contribution in [0.4, 0.5) is 8.78 Å². The van der Waals surface area contributed by atoms with Crippen LogP contribution < -0.4 is 0 Å². The predicted octanol–water partition coefficient (Wildman–Crippen LogP) is 10.1. The molecule has 6 aromatic rings. The molecule has 0 radical (unpaired) electrons. The highest BCUT2D eigenvalue weighted by Gasteiger charge is 2.46. The summed E-state index contributed by atoms with van der Waals surface area (Å²) in [4.78, 5) is 0. The SMILES string of the molecule is N#Cc1ccc2c3c(cccc13)C1=C(c3ccc(-c4ccc(F)cc4)cc3)C(=N)C(c3ccc(-c4ccc(F)cc4)cc3)C12. The van der Waals surface area contributed by atoms with Crippen molar-refractivity contribution in [2.45, 2.75) is 11.8 Å². The zero-order chi connectivity index (χ0) is 29.9. The van der Waals surface area contributed by atoms with Crippen LogP contribution in [0.25, 0.3) is 44.2 Å². The van der Waals surface area contributed by atoms with Crippen LogP contribution >= 0.6 is 0 Å². The summed E-state index contributed by atoms with van der Waals surface area (Å²) >= 11 is 0. The van der Waals surface area contributed by atoms with Crippen molar-refractivity contribution in [1.29, 1.82) is 10.7 Å². The van der Waals surface area contributed by atoms with E-state index in [4.69, 9.17) is 0 Å². The number of halogens is 2. The molecule has 0 heterocycles. The molecule has 4 heteroatoms. The largest absolute Gasteiger partial charge is 0.304 e. The van der Waals surface area contributed by atoms with Gasteiger partial charge in [-0.3, -0.25) is 0 Å². The van der Waals surface area contributed by atoms with Crippen molar-refractivity contribution in [3.63, 3.8) is 0 Å². The number of hydrogen-bond acceptors (Lipinski definition) is 2. The average Bonchev–Trinajstić information content (AvgIpc) is 3.54. The Morgan fingerprint density at radius 2 is 1.09 bits per heavy atom. The van der Waals surface area contributed by atoms with E-state index in [0.29, 0.717) is 11.3 Å². The Balaban J connectivity index is 1.28. The van der Waals surface area contributed by atoms with Crippen LogP contribution in [-0.2, 0) is 0 Å². The van der Waals surface area contributed by atoms with Crippen LogP contribution in [0.1, 0.15) is 39.7 Å². The summed E-state index contributed by atoms with van der Waals surface area (Å²) in [6, 6.07) is 41.8. The Labute approximate surface area is 253 Å². The minimum Gasteiger partial charge on any atom is -0.304 e. The maximum absolute atomic E-state index is 13.5. The molecule has 0 fully saturated rings. The molecule has 0 bridgehead atoms. The smallest absolute Gasteiger partial charge is 0.123 e. The molecule has 0 aromatic heterocycles. The van der Waals surface area contributed by atoms with Crippen LogP contribution in [-0.4, -0.2) is 5.71 Å². The van der Waals surface area contributed by atoms with Gasteiger partial charge in [0.1, 0.15) is 11.6 Å². The fraction of sp³-hybridized carbons (Fsp3) is 0.0500. The minimum absolute atomic E-state index is 0.0708. The first-order valence-corrected chi connectivity index (χ1v) is 14.5. The van der Waals surface area contributed by atoms with E-state index in [-0.39, 0.29) is 23.5 Å². The lowest BCUT2D eigenvalue weighted by molar-refractivity contribution is 0.627. The van der Waals surface area contributed by atoms with Gasteiger partial charge >= 0.3 is 0 Å². The van der Waals surface area contributed by atoms with Gasteiger partial charge in [0.2, 0.25) is 0 Å². The lowest BCUT2D eigenvalue weighted by Crippen LogP contribution is -2.13. The molecule has 2 nitrogen and oxygen atoms in total. The number of nitrogens with one attached hydrogen (secondary N) is 1. The highest BCUT2D eigenvalue weighted by molar-refractivity contribution is 6.38. The van der Waals surface area contributed by atoms with Gasteiger partial charge in [-0.15, -0.1) is 0 Å². The third-order valence-electron chi connectivity index (χ3n) is 9.11. The molecular weight excluding hydrogens is 546 g/mol. The summed E-state index contributed by atoms with van der Waals surface area (Å²) in [5.41, 5.74) is 11.3. The van der Waals surface area contributed by atoms with E-state index in [0.717, 1.165) is 66.4 Å². The monoisotopic (exact) mass is 570 g/mol. The van der Waals surface area contributed by atoms with Crippen molar-refractivity contribution in [2.24, 2.45) is 0 Å². The normalized spacial score (nSPS) is 16.8. The van der Waals surface area contributed by atoms with Gasteiger partial charge in [0.05, 0.1) is 11.6 Å². The molecule has 0 spiro atoms. The second-order valence-electron chi connectivity index (χ2n) is 11.4. The first-order valence-electron chi connectivity index (χ1n) is 14.5. The molecule has 8 rings (SSSR count). The third kappa shape index (κ3) is 3.94. The van der Waals surface area contributed by atoms with Crippen molar-refractivity contribution in [2.75, 3.05) is 0 Å². The van der Waals surface area contributed by atoms with Gasteiger partial charge in [-0.1, -0.05) is 97.1 Å². The van der Waals surface area contributed by atoms with Gasteiger partial charge in [-0.25, -0.2) is 8.78 Å². The van der Waals surface area contributed by atoms with Crippen LogP contribution in [0.15, 0.2) is 127 Å². The molecule has 208 valence electrons. The Hall–Kier alpha value is -5.66. The van der Waals surface area contributed by atoms with Gasteiger partial charge < -0.3 is 5.41 Å². The number of benzene rings is 6. The number of allylic oxidation sites excluding steroid dienone is 2. The molecule has 0 aliphatic heterocycles. The summed E-state index contributed by atoms with van der Waals surface area (Å²) in [6.45, 7) is 0. The van der Waals surface area contributed by atoms with Crippen LogP contribution in [0.3, 0.4) is 0 Å². The van der Waals surface area contributed by atoms with E-state index < -0.39 is 0 Å². The summed E-state index contributed by atoms with van der Waals surface area (Å²) in [5, 5.41) is 21.5. The third-order valence-corrected chi connectivity index (χ3v) is 9.11. The summed E-state index contributed by atoms with van der Waals surface area (Å²) in [6.07, 6.45) is 0. The van der Waals surface area contributed by atoms with E-state index in [1.807, 2.05) is 42.5 Å². The summed E-state index contributed by atoms with van der Waals surface area (Å²) < 4.78 is 27.1. The van der Waals surface area contributed by atoms with Crippen LogP contribution in [0.5, 0.6) is 0 Å². The zero-order valence-corrected chi connectivity index (χ0v) is 23.5. The van der Waals surface area contributed by atoms with Crippen molar-refractivity contribution in [3.05, 3.63) is 167 Å². The summed E-state index contributed by atoms with van der Waals surface area (Å²) in [5.74, 6) is -0.827. The Morgan fingerprint density at radius 3 is 1.66 bits per heavy atom. The van der Waals surface area contributed by atoms with E-state index in [1.165, 1.54) is 24.3 Å². The van der Waals surface area contributed by atoms with Crippen molar-refractivity contribution >= 4 is 27.6 Å².